The number of ether oxygens (including phenoxy) is 1. The average molecular weight is 390 g/mol. The lowest BCUT2D eigenvalue weighted by molar-refractivity contribution is 0.220. The SMILES string of the molecule is CSCc1nnc(NCCCOc2cccc(CN3CCCCC3)c2)n1C. The Labute approximate surface area is 166 Å². The third-order valence-electron chi connectivity index (χ3n) is 4.86. The minimum absolute atomic E-state index is 0.690. The lowest BCUT2D eigenvalue weighted by Gasteiger charge is -2.26. The Morgan fingerprint density at radius 2 is 2.04 bits per heavy atom. The summed E-state index contributed by atoms with van der Waals surface area (Å²) in [5.41, 5.74) is 1.34. The van der Waals surface area contributed by atoms with Crippen molar-refractivity contribution in [2.75, 3.05) is 37.8 Å². The van der Waals surface area contributed by atoms with E-state index in [4.69, 9.17) is 4.74 Å². The van der Waals surface area contributed by atoms with E-state index >= 15 is 0 Å². The lowest BCUT2D eigenvalue weighted by Crippen LogP contribution is -2.29. The third kappa shape index (κ3) is 6.14. The molecule has 1 saturated heterocycles. The van der Waals surface area contributed by atoms with Crippen LogP contribution in [0.4, 0.5) is 5.95 Å². The van der Waals surface area contributed by atoms with E-state index in [-0.39, 0.29) is 0 Å². The smallest absolute Gasteiger partial charge is 0.224 e. The molecule has 1 aliphatic rings. The number of aromatic nitrogens is 3. The van der Waals surface area contributed by atoms with Gasteiger partial charge in [-0.05, 0) is 56.3 Å². The molecule has 1 aliphatic heterocycles. The molecule has 0 unspecified atom stereocenters. The van der Waals surface area contributed by atoms with E-state index in [0.29, 0.717) is 6.61 Å². The minimum Gasteiger partial charge on any atom is -0.494 e. The van der Waals surface area contributed by atoms with Crippen molar-refractivity contribution in [2.24, 2.45) is 7.05 Å². The van der Waals surface area contributed by atoms with Crippen LogP contribution in [0, 0.1) is 0 Å². The van der Waals surface area contributed by atoms with Crippen molar-refractivity contribution in [3.63, 3.8) is 0 Å². The number of hydrogen-bond donors (Lipinski definition) is 1. The molecule has 0 saturated carbocycles. The maximum atomic E-state index is 5.94. The minimum atomic E-state index is 0.690. The lowest BCUT2D eigenvalue weighted by atomic mass is 10.1. The molecule has 6 nitrogen and oxygen atoms in total. The van der Waals surface area contributed by atoms with Crippen molar-refractivity contribution in [2.45, 2.75) is 38.0 Å². The molecule has 0 spiro atoms. The summed E-state index contributed by atoms with van der Waals surface area (Å²) in [5, 5.41) is 11.7. The summed E-state index contributed by atoms with van der Waals surface area (Å²) in [6, 6.07) is 8.52. The van der Waals surface area contributed by atoms with Crippen molar-refractivity contribution in [1.82, 2.24) is 19.7 Å². The van der Waals surface area contributed by atoms with Gasteiger partial charge in [-0.1, -0.05) is 18.6 Å². The summed E-state index contributed by atoms with van der Waals surface area (Å²) in [4.78, 5) is 2.54. The molecule has 1 aromatic carbocycles. The van der Waals surface area contributed by atoms with Gasteiger partial charge in [0.2, 0.25) is 5.95 Å². The number of thioether (sulfide) groups is 1. The highest BCUT2D eigenvalue weighted by molar-refractivity contribution is 7.97. The van der Waals surface area contributed by atoms with Crippen LogP contribution in [-0.2, 0) is 19.3 Å². The first-order valence-corrected chi connectivity index (χ1v) is 11.2. The van der Waals surface area contributed by atoms with E-state index in [0.717, 1.165) is 42.8 Å². The molecular weight excluding hydrogens is 358 g/mol. The maximum absolute atomic E-state index is 5.94. The largest absolute Gasteiger partial charge is 0.494 e. The quantitative estimate of drug-likeness (QED) is 0.627. The van der Waals surface area contributed by atoms with Gasteiger partial charge in [0, 0.05) is 20.1 Å². The molecule has 2 heterocycles. The summed E-state index contributed by atoms with van der Waals surface area (Å²) < 4.78 is 7.96. The Morgan fingerprint density at radius 3 is 2.85 bits per heavy atom. The Bertz CT molecular complexity index is 699. The van der Waals surface area contributed by atoms with Crippen molar-refractivity contribution < 1.29 is 4.74 Å². The van der Waals surface area contributed by atoms with Crippen LogP contribution in [-0.4, -0.2) is 52.2 Å². The molecule has 0 atom stereocenters. The monoisotopic (exact) mass is 389 g/mol. The first-order valence-electron chi connectivity index (χ1n) is 9.81. The number of piperidine rings is 1. The number of benzene rings is 1. The summed E-state index contributed by atoms with van der Waals surface area (Å²) >= 11 is 1.75. The van der Waals surface area contributed by atoms with E-state index < -0.39 is 0 Å². The zero-order valence-corrected chi connectivity index (χ0v) is 17.3. The van der Waals surface area contributed by atoms with Crippen LogP contribution in [0.3, 0.4) is 0 Å². The van der Waals surface area contributed by atoms with Gasteiger partial charge >= 0.3 is 0 Å². The number of likely N-dealkylation sites (tertiary alicyclic amines) is 1. The Hall–Kier alpha value is -1.73. The second-order valence-corrected chi connectivity index (χ2v) is 7.91. The highest BCUT2D eigenvalue weighted by atomic mass is 32.2. The van der Waals surface area contributed by atoms with Crippen LogP contribution in [0.5, 0.6) is 5.75 Å². The Kier molecular flexibility index (Phi) is 7.83. The predicted octanol–water partition coefficient (Wildman–Crippen LogP) is 3.55. The fraction of sp³-hybridized carbons (Fsp3) is 0.600. The molecule has 0 bridgehead atoms. The Morgan fingerprint density at radius 1 is 1.19 bits per heavy atom. The topological polar surface area (TPSA) is 55.2 Å². The van der Waals surface area contributed by atoms with Crippen molar-refractivity contribution in [1.29, 1.82) is 0 Å². The predicted molar refractivity (Wildman–Crippen MR) is 112 cm³/mol. The van der Waals surface area contributed by atoms with Crippen LogP contribution in [0.15, 0.2) is 24.3 Å². The zero-order valence-electron chi connectivity index (χ0n) is 16.5. The van der Waals surface area contributed by atoms with Gasteiger partial charge in [0.05, 0.1) is 12.4 Å². The highest BCUT2D eigenvalue weighted by Gasteiger charge is 2.11. The number of anilines is 1. The van der Waals surface area contributed by atoms with Gasteiger partial charge < -0.3 is 10.1 Å². The average Bonchev–Trinajstić information content (AvgIpc) is 3.03. The summed E-state index contributed by atoms with van der Waals surface area (Å²) in [6.07, 6.45) is 7.02. The second kappa shape index (κ2) is 10.6. The molecule has 27 heavy (non-hydrogen) atoms. The number of hydrogen-bond acceptors (Lipinski definition) is 6. The van der Waals surface area contributed by atoms with Crippen LogP contribution in [0.1, 0.15) is 37.1 Å². The van der Waals surface area contributed by atoms with E-state index in [1.165, 1.54) is 37.9 Å². The first kappa shape index (κ1) is 20.0. The molecule has 2 aromatic rings. The zero-order chi connectivity index (χ0) is 18.9. The number of rotatable bonds is 10. The number of nitrogens with zero attached hydrogens (tertiary/aromatic N) is 4. The molecule has 1 aromatic heterocycles. The van der Waals surface area contributed by atoms with Crippen LogP contribution in [0.25, 0.3) is 0 Å². The fourth-order valence-electron chi connectivity index (χ4n) is 3.34. The van der Waals surface area contributed by atoms with Gasteiger partial charge in [0.25, 0.3) is 0 Å². The van der Waals surface area contributed by atoms with Gasteiger partial charge in [-0.15, -0.1) is 10.2 Å². The molecule has 148 valence electrons. The van der Waals surface area contributed by atoms with Gasteiger partial charge in [0.15, 0.2) is 0 Å². The van der Waals surface area contributed by atoms with E-state index in [1.54, 1.807) is 11.8 Å². The molecule has 0 aliphatic carbocycles. The van der Waals surface area contributed by atoms with Crippen LogP contribution < -0.4 is 10.1 Å². The molecule has 1 fully saturated rings. The summed E-state index contributed by atoms with van der Waals surface area (Å²) in [5.74, 6) is 3.65. The van der Waals surface area contributed by atoms with E-state index in [1.807, 2.05) is 17.7 Å². The maximum Gasteiger partial charge on any atom is 0.224 e. The standard InChI is InChI=1S/C20H31N5OS/c1-24-19(16-27-2)22-23-20(24)21-10-7-13-26-18-9-6-8-17(14-18)15-25-11-4-3-5-12-25/h6,8-9,14H,3-5,7,10-13,15-16H2,1-2H3,(H,21,23). The third-order valence-corrected chi connectivity index (χ3v) is 5.41. The molecular formula is C20H31N5OS. The summed E-state index contributed by atoms with van der Waals surface area (Å²) in [7, 11) is 2.00. The van der Waals surface area contributed by atoms with Crippen molar-refractivity contribution >= 4 is 17.7 Å². The fourth-order valence-corrected chi connectivity index (χ4v) is 3.85. The second-order valence-electron chi connectivity index (χ2n) is 7.04. The van der Waals surface area contributed by atoms with Gasteiger partial charge in [0.1, 0.15) is 11.6 Å². The van der Waals surface area contributed by atoms with Crippen LogP contribution in [0.2, 0.25) is 0 Å². The molecule has 0 amide bonds. The van der Waals surface area contributed by atoms with E-state index in [2.05, 4.69) is 44.9 Å². The summed E-state index contributed by atoms with van der Waals surface area (Å²) in [6.45, 7) is 4.98. The normalized spacial score (nSPS) is 15.0. The van der Waals surface area contributed by atoms with Gasteiger partial charge in [-0.3, -0.25) is 9.47 Å². The molecule has 3 rings (SSSR count). The Balaban J connectivity index is 1.38. The van der Waals surface area contributed by atoms with Crippen LogP contribution >= 0.6 is 11.8 Å². The van der Waals surface area contributed by atoms with E-state index in [9.17, 15) is 0 Å². The molecule has 0 radical (unpaired) electrons. The number of nitrogens with one attached hydrogen (secondary N) is 1. The highest BCUT2D eigenvalue weighted by Crippen LogP contribution is 2.18. The van der Waals surface area contributed by atoms with Crippen molar-refractivity contribution in [3.05, 3.63) is 35.7 Å². The molecule has 7 heteroatoms. The van der Waals surface area contributed by atoms with Crippen molar-refractivity contribution in [3.8, 4) is 5.75 Å². The molecule has 1 N–H and O–H groups in total. The van der Waals surface area contributed by atoms with Gasteiger partial charge in [-0.2, -0.15) is 11.8 Å². The van der Waals surface area contributed by atoms with Gasteiger partial charge in [-0.25, -0.2) is 0 Å². The first-order chi connectivity index (χ1) is 13.3.